The summed E-state index contributed by atoms with van der Waals surface area (Å²) in [5.74, 6) is 0.199. The van der Waals surface area contributed by atoms with Crippen molar-refractivity contribution >= 4 is 55.5 Å². The number of thiophene rings is 1. The summed E-state index contributed by atoms with van der Waals surface area (Å²) in [6.07, 6.45) is 2.11. The number of aromatic nitrogens is 1. The number of halogens is 1. The summed E-state index contributed by atoms with van der Waals surface area (Å²) in [6.45, 7) is 0.724. The lowest BCUT2D eigenvalue weighted by atomic mass is 10.2. The SMILES string of the molecule is CN(Cc1cc(Br)cs1)c1snc(N)c1C(=O)NC1CC1. The van der Waals surface area contributed by atoms with Crippen molar-refractivity contribution < 1.29 is 4.79 Å². The molecule has 0 bridgehead atoms. The quantitative estimate of drug-likeness (QED) is 0.827. The van der Waals surface area contributed by atoms with E-state index in [0.717, 1.165) is 28.9 Å². The lowest BCUT2D eigenvalue weighted by molar-refractivity contribution is 0.0952. The molecule has 1 aliphatic rings. The van der Waals surface area contributed by atoms with Crippen molar-refractivity contribution in [1.82, 2.24) is 9.69 Å². The van der Waals surface area contributed by atoms with E-state index in [9.17, 15) is 4.79 Å². The molecule has 3 rings (SSSR count). The van der Waals surface area contributed by atoms with Gasteiger partial charge < -0.3 is 16.0 Å². The number of rotatable bonds is 5. The van der Waals surface area contributed by atoms with Crippen molar-refractivity contribution in [3.05, 3.63) is 26.4 Å². The van der Waals surface area contributed by atoms with E-state index in [0.29, 0.717) is 17.4 Å². The molecule has 0 radical (unpaired) electrons. The van der Waals surface area contributed by atoms with Crippen LogP contribution in [0, 0.1) is 0 Å². The summed E-state index contributed by atoms with van der Waals surface area (Å²) in [4.78, 5) is 15.5. The summed E-state index contributed by atoms with van der Waals surface area (Å²) >= 11 is 6.40. The number of amides is 1. The van der Waals surface area contributed by atoms with Crippen LogP contribution in [-0.2, 0) is 6.54 Å². The van der Waals surface area contributed by atoms with E-state index in [1.807, 2.05) is 17.3 Å². The Bertz CT molecular complexity index is 665. The van der Waals surface area contributed by atoms with E-state index in [1.165, 1.54) is 16.4 Å². The fourth-order valence-corrected chi connectivity index (χ4v) is 4.27. The third-order valence-corrected chi connectivity index (χ3v) is 5.86. The van der Waals surface area contributed by atoms with Gasteiger partial charge in [0.1, 0.15) is 10.6 Å². The molecule has 1 saturated carbocycles. The zero-order valence-electron chi connectivity index (χ0n) is 11.4. The van der Waals surface area contributed by atoms with Gasteiger partial charge >= 0.3 is 0 Å². The first-order chi connectivity index (χ1) is 10.0. The summed E-state index contributed by atoms with van der Waals surface area (Å²) in [5.41, 5.74) is 6.39. The maximum atomic E-state index is 12.3. The molecule has 1 amide bonds. The highest BCUT2D eigenvalue weighted by Gasteiger charge is 2.28. The van der Waals surface area contributed by atoms with E-state index in [1.54, 1.807) is 11.3 Å². The Kier molecular flexibility index (Phi) is 4.19. The number of carbonyl (C=O) groups is 1. The van der Waals surface area contributed by atoms with Crippen molar-refractivity contribution in [2.24, 2.45) is 0 Å². The van der Waals surface area contributed by atoms with Crippen LogP contribution < -0.4 is 16.0 Å². The van der Waals surface area contributed by atoms with Crippen LogP contribution in [0.25, 0.3) is 0 Å². The van der Waals surface area contributed by atoms with E-state index in [4.69, 9.17) is 5.73 Å². The van der Waals surface area contributed by atoms with Crippen molar-refractivity contribution in [1.29, 1.82) is 0 Å². The number of carbonyl (C=O) groups excluding carboxylic acids is 1. The molecule has 0 spiro atoms. The lowest BCUT2D eigenvalue weighted by Gasteiger charge is -2.17. The number of nitrogen functional groups attached to an aromatic ring is 1. The summed E-state index contributed by atoms with van der Waals surface area (Å²) < 4.78 is 5.22. The third kappa shape index (κ3) is 3.38. The van der Waals surface area contributed by atoms with Gasteiger partial charge in [-0.15, -0.1) is 11.3 Å². The minimum absolute atomic E-state index is 0.113. The highest BCUT2D eigenvalue weighted by molar-refractivity contribution is 9.10. The standard InChI is InChI=1S/C13H15BrN4OS2/c1-18(5-9-4-7(14)6-20-9)13-10(11(15)17-21-13)12(19)16-8-2-3-8/h4,6,8H,2-3,5H2,1H3,(H2,15,17)(H,16,19). The Morgan fingerprint density at radius 2 is 2.38 bits per heavy atom. The highest BCUT2D eigenvalue weighted by Crippen LogP contribution is 2.32. The topological polar surface area (TPSA) is 71.2 Å². The molecule has 2 aromatic rings. The molecule has 0 unspecified atom stereocenters. The fourth-order valence-electron chi connectivity index (χ4n) is 1.99. The molecule has 0 aliphatic heterocycles. The van der Waals surface area contributed by atoms with Crippen LogP contribution in [0.15, 0.2) is 15.9 Å². The number of hydrogen-bond acceptors (Lipinski definition) is 6. The largest absolute Gasteiger partial charge is 0.382 e. The Hall–Kier alpha value is -1.12. The molecular weight excluding hydrogens is 372 g/mol. The average molecular weight is 387 g/mol. The normalized spacial score (nSPS) is 14.2. The van der Waals surface area contributed by atoms with Crippen LogP contribution in [0.5, 0.6) is 0 Å². The van der Waals surface area contributed by atoms with Crippen LogP contribution in [0.2, 0.25) is 0 Å². The predicted octanol–water partition coefficient (Wildman–Crippen LogP) is 3.08. The number of anilines is 2. The number of nitrogens with two attached hydrogens (primary N) is 1. The molecule has 0 saturated heterocycles. The second kappa shape index (κ2) is 5.94. The van der Waals surface area contributed by atoms with Crippen LogP contribution in [0.3, 0.4) is 0 Å². The summed E-state index contributed by atoms with van der Waals surface area (Å²) in [6, 6.07) is 2.39. The molecule has 1 aliphatic carbocycles. The van der Waals surface area contributed by atoms with Crippen LogP contribution in [0.4, 0.5) is 10.8 Å². The lowest BCUT2D eigenvalue weighted by Crippen LogP contribution is -2.28. The smallest absolute Gasteiger partial charge is 0.258 e. The van der Waals surface area contributed by atoms with Gasteiger partial charge in [-0.3, -0.25) is 4.79 Å². The summed E-state index contributed by atoms with van der Waals surface area (Å²) in [7, 11) is 1.95. The minimum atomic E-state index is -0.113. The van der Waals surface area contributed by atoms with Crippen LogP contribution >= 0.6 is 38.8 Å². The number of hydrogen-bond donors (Lipinski definition) is 2. The maximum Gasteiger partial charge on any atom is 0.258 e. The average Bonchev–Trinajstić information content (AvgIpc) is 3.01. The molecule has 3 N–H and O–H groups in total. The molecule has 0 aromatic carbocycles. The predicted molar refractivity (Wildman–Crippen MR) is 91.1 cm³/mol. The Labute approximate surface area is 139 Å². The van der Waals surface area contributed by atoms with Crippen molar-refractivity contribution in [3.63, 3.8) is 0 Å². The molecular formula is C13H15BrN4OS2. The van der Waals surface area contributed by atoms with Gasteiger partial charge in [0.25, 0.3) is 5.91 Å². The number of nitrogens with one attached hydrogen (secondary N) is 1. The Balaban J connectivity index is 1.78. The van der Waals surface area contributed by atoms with Crippen LogP contribution in [0.1, 0.15) is 28.1 Å². The van der Waals surface area contributed by atoms with E-state index in [-0.39, 0.29) is 5.91 Å². The zero-order valence-corrected chi connectivity index (χ0v) is 14.6. The van der Waals surface area contributed by atoms with Gasteiger partial charge in [0.15, 0.2) is 5.82 Å². The van der Waals surface area contributed by atoms with Crippen molar-refractivity contribution in [2.45, 2.75) is 25.4 Å². The van der Waals surface area contributed by atoms with Gasteiger partial charge in [-0.25, -0.2) is 0 Å². The monoisotopic (exact) mass is 386 g/mol. The molecule has 0 atom stereocenters. The van der Waals surface area contributed by atoms with E-state index in [2.05, 4.69) is 31.7 Å². The van der Waals surface area contributed by atoms with Crippen molar-refractivity contribution in [3.8, 4) is 0 Å². The second-order valence-electron chi connectivity index (χ2n) is 5.08. The Morgan fingerprint density at radius 3 is 3.00 bits per heavy atom. The van der Waals surface area contributed by atoms with Crippen LogP contribution in [-0.4, -0.2) is 23.4 Å². The molecule has 2 aromatic heterocycles. The van der Waals surface area contributed by atoms with Gasteiger partial charge in [0.05, 0.1) is 6.54 Å². The van der Waals surface area contributed by atoms with Gasteiger partial charge in [0, 0.05) is 27.8 Å². The molecule has 5 nitrogen and oxygen atoms in total. The molecule has 1 fully saturated rings. The summed E-state index contributed by atoms with van der Waals surface area (Å²) in [5, 5.41) is 5.84. The number of nitrogens with zero attached hydrogens (tertiary/aromatic N) is 2. The molecule has 21 heavy (non-hydrogen) atoms. The van der Waals surface area contributed by atoms with Gasteiger partial charge in [0.2, 0.25) is 0 Å². The van der Waals surface area contributed by atoms with E-state index < -0.39 is 0 Å². The third-order valence-electron chi connectivity index (χ3n) is 3.20. The van der Waals surface area contributed by atoms with Crippen molar-refractivity contribution in [2.75, 3.05) is 17.7 Å². The molecule has 8 heteroatoms. The van der Waals surface area contributed by atoms with E-state index >= 15 is 0 Å². The highest BCUT2D eigenvalue weighted by atomic mass is 79.9. The second-order valence-corrected chi connectivity index (χ2v) is 7.75. The van der Waals surface area contributed by atoms with Gasteiger partial charge in [-0.05, 0) is 46.4 Å². The van der Waals surface area contributed by atoms with Gasteiger partial charge in [-0.1, -0.05) is 0 Å². The first-order valence-electron chi connectivity index (χ1n) is 6.54. The van der Waals surface area contributed by atoms with Gasteiger partial charge in [-0.2, -0.15) is 4.37 Å². The first kappa shape index (κ1) is 14.8. The zero-order chi connectivity index (χ0) is 15.0. The molecule has 2 heterocycles. The maximum absolute atomic E-state index is 12.3. The molecule has 112 valence electrons. The first-order valence-corrected chi connectivity index (χ1v) is 8.99. The Morgan fingerprint density at radius 1 is 1.62 bits per heavy atom. The minimum Gasteiger partial charge on any atom is -0.382 e. The fraction of sp³-hybridized carbons (Fsp3) is 0.385.